The van der Waals surface area contributed by atoms with Crippen LogP contribution in [0.25, 0.3) is 0 Å². The van der Waals surface area contributed by atoms with Gasteiger partial charge in [-0.1, -0.05) is 29.8 Å². The molecule has 3 nitrogen and oxygen atoms in total. The monoisotopic (exact) mass is 233 g/mol. The topological polar surface area (TPSA) is 55.3 Å². The van der Waals surface area contributed by atoms with E-state index in [2.05, 4.69) is 36.1 Å². The second kappa shape index (κ2) is 5.63. The second-order valence-electron chi connectivity index (χ2n) is 5.25. The Hall–Kier alpha value is -0.900. The van der Waals surface area contributed by atoms with Crippen LogP contribution in [-0.2, 0) is 6.42 Å². The SMILES string of the molecule is Cc1ccc(CCN2CC(N)CC(N)C2)cc1. The molecule has 17 heavy (non-hydrogen) atoms. The van der Waals surface area contributed by atoms with E-state index in [1.54, 1.807) is 0 Å². The van der Waals surface area contributed by atoms with E-state index in [0.29, 0.717) is 0 Å². The third-order valence-corrected chi connectivity index (χ3v) is 3.43. The van der Waals surface area contributed by atoms with Gasteiger partial charge in [0, 0.05) is 31.7 Å². The van der Waals surface area contributed by atoms with Gasteiger partial charge in [0.15, 0.2) is 0 Å². The van der Waals surface area contributed by atoms with Gasteiger partial charge in [-0.25, -0.2) is 0 Å². The highest BCUT2D eigenvalue weighted by atomic mass is 15.2. The van der Waals surface area contributed by atoms with Crippen molar-refractivity contribution in [2.75, 3.05) is 19.6 Å². The average Bonchev–Trinajstić information content (AvgIpc) is 2.27. The van der Waals surface area contributed by atoms with Crippen LogP contribution in [0.5, 0.6) is 0 Å². The first kappa shape index (κ1) is 12.6. The van der Waals surface area contributed by atoms with Crippen LogP contribution >= 0.6 is 0 Å². The maximum atomic E-state index is 5.98. The fraction of sp³-hybridized carbons (Fsp3) is 0.571. The minimum Gasteiger partial charge on any atom is -0.326 e. The molecule has 1 aliphatic heterocycles. The zero-order valence-corrected chi connectivity index (χ0v) is 10.6. The number of piperidine rings is 1. The molecule has 0 amide bonds. The lowest BCUT2D eigenvalue weighted by Crippen LogP contribution is -2.52. The van der Waals surface area contributed by atoms with Crippen molar-refractivity contribution < 1.29 is 0 Å². The van der Waals surface area contributed by atoms with Gasteiger partial charge in [-0.15, -0.1) is 0 Å². The van der Waals surface area contributed by atoms with Crippen LogP contribution in [0.2, 0.25) is 0 Å². The summed E-state index contributed by atoms with van der Waals surface area (Å²) in [5, 5.41) is 0. The molecular weight excluding hydrogens is 210 g/mol. The predicted octanol–water partition coefficient (Wildman–Crippen LogP) is 0.898. The average molecular weight is 233 g/mol. The van der Waals surface area contributed by atoms with Gasteiger partial charge in [-0.05, 0) is 25.3 Å². The fourth-order valence-electron chi connectivity index (χ4n) is 2.50. The Morgan fingerprint density at radius 2 is 1.71 bits per heavy atom. The molecule has 0 saturated carbocycles. The van der Waals surface area contributed by atoms with Crippen LogP contribution in [0.1, 0.15) is 17.5 Å². The molecular formula is C14H23N3. The lowest BCUT2D eigenvalue weighted by molar-refractivity contribution is 0.192. The number of nitrogens with zero attached hydrogens (tertiary/aromatic N) is 1. The summed E-state index contributed by atoms with van der Waals surface area (Å²) < 4.78 is 0. The molecule has 4 N–H and O–H groups in total. The molecule has 0 radical (unpaired) electrons. The maximum absolute atomic E-state index is 5.98. The zero-order valence-electron chi connectivity index (χ0n) is 10.6. The van der Waals surface area contributed by atoms with E-state index in [1.807, 2.05) is 0 Å². The van der Waals surface area contributed by atoms with Crippen molar-refractivity contribution in [3.05, 3.63) is 35.4 Å². The van der Waals surface area contributed by atoms with E-state index in [1.165, 1.54) is 11.1 Å². The van der Waals surface area contributed by atoms with Crippen LogP contribution < -0.4 is 11.5 Å². The number of hydrogen-bond donors (Lipinski definition) is 2. The molecule has 2 atom stereocenters. The number of benzene rings is 1. The van der Waals surface area contributed by atoms with E-state index in [0.717, 1.165) is 32.5 Å². The van der Waals surface area contributed by atoms with Gasteiger partial charge in [0.05, 0.1) is 0 Å². The van der Waals surface area contributed by atoms with Crippen molar-refractivity contribution in [2.45, 2.75) is 31.8 Å². The zero-order chi connectivity index (χ0) is 12.3. The van der Waals surface area contributed by atoms with Crippen LogP contribution in [0.3, 0.4) is 0 Å². The van der Waals surface area contributed by atoms with Crippen molar-refractivity contribution in [1.82, 2.24) is 4.90 Å². The molecule has 2 rings (SSSR count). The summed E-state index contributed by atoms with van der Waals surface area (Å²) in [6.07, 6.45) is 2.04. The molecule has 0 aromatic heterocycles. The third-order valence-electron chi connectivity index (χ3n) is 3.43. The minimum absolute atomic E-state index is 0.247. The molecule has 1 saturated heterocycles. The smallest absolute Gasteiger partial charge is 0.0183 e. The van der Waals surface area contributed by atoms with Crippen molar-refractivity contribution in [2.24, 2.45) is 11.5 Å². The van der Waals surface area contributed by atoms with E-state index in [9.17, 15) is 0 Å². The Bertz CT molecular complexity index is 337. The van der Waals surface area contributed by atoms with E-state index in [-0.39, 0.29) is 12.1 Å². The summed E-state index contributed by atoms with van der Waals surface area (Å²) in [6, 6.07) is 9.25. The highest BCUT2D eigenvalue weighted by Crippen LogP contribution is 2.10. The first-order chi connectivity index (χ1) is 8.13. The molecule has 94 valence electrons. The number of aryl methyl sites for hydroxylation is 1. The molecule has 1 aromatic rings. The lowest BCUT2D eigenvalue weighted by Gasteiger charge is -2.34. The normalized spacial score (nSPS) is 26.1. The van der Waals surface area contributed by atoms with Crippen molar-refractivity contribution in [3.63, 3.8) is 0 Å². The highest BCUT2D eigenvalue weighted by molar-refractivity contribution is 5.21. The summed E-state index contributed by atoms with van der Waals surface area (Å²) in [7, 11) is 0. The van der Waals surface area contributed by atoms with E-state index < -0.39 is 0 Å². The summed E-state index contributed by atoms with van der Waals surface area (Å²) in [4.78, 5) is 2.39. The number of rotatable bonds is 3. The molecule has 0 bridgehead atoms. The number of nitrogens with two attached hydrogens (primary N) is 2. The van der Waals surface area contributed by atoms with Crippen molar-refractivity contribution >= 4 is 0 Å². The first-order valence-electron chi connectivity index (χ1n) is 6.42. The van der Waals surface area contributed by atoms with E-state index in [4.69, 9.17) is 11.5 Å². The van der Waals surface area contributed by atoms with Crippen molar-refractivity contribution in [3.8, 4) is 0 Å². The lowest BCUT2D eigenvalue weighted by atomic mass is 10.0. The molecule has 1 fully saturated rings. The molecule has 1 aromatic carbocycles. The Morgan fingerprint density at radius 3 is 2.29 bits per heavy atom. The summed E-state index contributed by atoms with van der Waals surface area (Å²) in [6.45, 7) is 5.15. The van der Waals surface area contributed by atoms with Gasteiger partial charge in [-0.3, -0.25) is 4.90 Å². The molecule has 2 unspecified atom stereocenters. The summed E-state index contributed by atoms with van der Waals surface area (Å²) in [5.41, 5.74) is 14.7. The Morgan fingerprint density at radius 1 is 1.12 bits per heavy atom. The van der Waals surface area contributed by atoms with Gasteiger partial charge in [-0.2, -0.15) is 0 Å². The Labute approximate surface area is 104 Å². The van der Waals surface area contributed by atoms with Crippen LogP contribution in [-0.4, -0.2) is 36.6 Å². The molecule has 0 aliphatic carbocycles. The van der Waals surface area contributed by atoms with Gasteiger partial charge in [0.1, 0.15) is 0 Å². The van der Waals surface area contributed by atoms with E-state index >= 15 is 0 Å². The van der Waals surface area contributed by atoms with Crippen LogP contribution in [0.15, 0.2) is 24.3 Å². The Balaban J connectivity index is 1.83. The third kappa shape index (κ3) is 3.80. The highest BCUT2D eigenvalue weighted by Gasteiger charge is 2.21. The Kier molecular flexibility index (Phi) is 4.15. The quantitative estimate of drug-likeness (QED) is 0.815. The van der Waals surface area contributed by atoms with Crippen LogP contribution in [0.4, 0.5) is 0 Å². The van der Waals surface area contributed by atoms with Crippen molar-refractivity contribution in [1.29, 1.82) is 0 Å². The predicted molar refractivity (Wildman–Crippen MR) is 71.9 cm³/mol. The van der Waals surface area contributed by atoms with Gasteiger partial charge in [0.2, 0.25) is 0 Å². The molecule has 0 spiro atoms. The van der Waals surface area contributed by atoms with Crippen LogP contribution in [0, 0.1) is 6.92 Å². The standard InChI is InChI=1S/C14H23N3/c1-11-2-4-12(5-3-11)6-7-17-9-13(15)8-14(16)10-17/h2-5,13-14H,6-10,15-16H2,1H3. The van der Waals surface area contributed by atoms with Gasteiger partial charge >= 0.3 is 0 Å². The molecule has 1 heterocycles. The first-order valence-corrected chi connectivity index (χ1v) is 6.42. The molecule has 3 heteroatoms. The largest absolute Gasteiger partial charge is 0.326 e. The van der Waals surface area contributed by atoms with Gasteiger partial charge in [0.25, 0.3) is 0 Å². The minimum atomic E-state index is 0.247. The molecule has 1 aliphatic rings. The summed E-state index contributed by atoms with van der Waals surface area (Å²) in [5.74, 6) is 0. The fourth-order valence-corrected chi connectivity index (χ4v) is 2.50. The number of hydrogen-bond acceptors (Lipinski definition) is 3. The summed E-state index contributed by atoms with van der Waals surface area (Å²) >= 11 is 0. The van der Waals surface area contributed by atoms with Gasteiger partial charge < -0.3 is 11.5 Å². The number of likely N-dealkylation sites (tertiary alicyclic amines) is 1. The second-order valence-corrected chi connectivity index (χ2v) is 5.25. The maximum Gasteiger partial charge on any atom is 0.0183 e.